The van der Waals surface area contributed by atoms with Crippen LogP contribution in [0.5, 0.6) is 0 Å². The van der Waals surface area contributed by atoms with E-state index in [1.165, 1.54) is 0 Å². The average molecular weight is 263 g/mol. The fourth-order valence-electron chi connectivity index (χ4n) is 1.54. The molecule has 0 saturated heterocycles. The highest BCUT2D eigenvalue weighted by Crippen LogP contribution is 2.19. The summed E-state index contributed by atoms with van der Waals surface area (Å²) in [6.45, 7) is 4.68. The third-order valence-corrected chi connectivity index (χ3v) is 2.82. The highest BCUT2D eigenvalue weighted by molar-refractivity contribution is 7.09. The Morgan fingerprint density at radius 2 is 2.28 bits per heavy atom. The summed E-state index contributed by atoms with van der Waals surface area (Å²) in [4.78, 5) is 12.1. The number of carbonyl (C=O) groups is 1. The maximum absolute atomic E-state index is 12.1. The first-order valence-corrected chi connectivity index (χ1v) is 6.29. The van der Waals surface area contributed by atoms with Crippen LogP contribution in [0, 0.1) is 6.92 Å². The van der Waals surface area contributed by atoms with Gasteiger partial charge in [-0.15, -0.1) is 0 Å². The minimum absolute atomic E-state index is 0.215. The molecule has 2 aromatic rings. The first-order valence-electron chi connectivity index (χ1n) is 5.51. The summed E-state index contributed by atoms with van der Waals surface area (Å²) < 4.78 is 3.60. The number of aryl methyl sites for hydroxylation is 1. The number of benzene rings is 1. The van der Waals surface area contributed by atoms with E-state index >= 15 is 0 Å². The van der Waals surface area contributed by atoms with Gasteiger partial charge in [0.15, 0.2) is 0 Å². The molecule has 0 bridgehead atoms. The number of amides is 1. The summed E-state index contributed by atoms with van der Waals surface area (Å²) in [5, 5.41) is 13.3. The Labute approximate surface area is 109 Å². The Hall–Kier alpha value is -2.02. The lowest BCUT2D eigenvalue weighted by molar-refractivity contribution is 0.102. The Morgan fingerprint density at radius 3 is 2.94 bits per heavy atom. The zero-order valence-electron chi connectivity index (χ0n) is 10.1. The van der Waals surface area contributed by atoms with Crippen LogP contribution >= 0.6 is 11.5 Å². The van der Waals surface area contributed by atoms with Crippen molar-refractivity contribution in [3.05, 3.63) is 29.3 Å². The predicted octanol–water partition coefficient (Wildman–Crippen LogP) is 1.93. The number of nitrogens with zero attached hydrogens (tertiary/aromatic N) is 3. The van der Waals surface area contributed by atoms with Crippen LogP contribution in [0.3, 0.4) is 0 Å². The van der Waals surface area contributed by atoms with Gasteiger partial charge in [-0.05, 0) is 31.2 Å². The van der Waals surface area contributed by atoms with Gasteiger partial charge < -0.3 is 5.32 Å². The van der Waals surface area contributed by atoms with E-state index in [4.69, 9.17) is 0 Å². The van der Waals surface area contributed by atoms with Gasteiger partial charge in [0.2, 0.25) is 5.13 Å². The molecule has 0 atom stereocenters. The number of carbonyl (C=O) groups excluding carboxylic acids is 1. The minimum Gasteiger partial charge on any atom is -0.385 e. The van der Waals surface area contributed by atoms with Gasteiger partial charge in [0.1, 0.15) is 0 Å². The molecule has 1 amide bonds. The number of aromatic nitrogens is 3. The Balaban J connectivity index is 2.25. The maximum atomic E-state index is 12.1. The van der Waals surface area contributed by atoms with Gasteiger partial charge in [-0.25, -0.2) is 0 Å². The monoisotopic (exact) mass is 263 g/mol. The van der Waals surface area contributed by atoms with Gasteiger partial charge in [-0.1, -0.05) is 21.2 Å². The van der Waals surface area contributed by atoms with Crippen molar-refractivity contribution in [1.82, 2.24) is 14.8 Å². The minimum atomic E-state index is -0.215. The van der Waals surface area contributed by atoms with Crippen molar-refractivity contribution in [2.45, 2.75) is 13.8 Å². The fraction of sp³-hybridized carbons (Fsp3) is 0.273. The molecule has 94 valence electrons. The molecule has 7 heteroatoms. The lowest BCUT2D eigenvalue weighted by Crippen LogP contribution is -2.15. The number of hydrogen-bond donors (Lipinski definition) is 2. The Morgan fingerprint density at radius 1 is 1.44 bits per heavy atom. The molecular formula is C11H13N5OS. The topological polar surface area (TPSA) is 79.8 Å². The number of hydrogen-bond acceptors (Lipinski definition) is 6. The first kappa shape index (κ1) is 12.4. The Kier molecular flexibility index (Phi) is 3.83. The second-order valence-corrected chi connectivity index (χ2v) is 4.43. The van der Waals surface area contributed by atoms with E-state index in [0.717, 1.165) is 29.3 Å². The largest absolute Gasteiger partial charge is 0.385 e. The van der Waals surface area contributed by atoms with Crippen molar-refractivity contribution >= 4 is 28.3 Å². The summed E-state index contributed by atoms with van der Waals surface area (Å²) >= 11 is 1.04. The summed E-state index contributed by atoms with van der Waals surface area (Å²) in [5.41, 5.74) is 2.42. The molecule has 0 aliphatic rings. The van der Waals surface area contributed by atoms with Crippen LogP contribution in [-0.4, -0.2) is 27.3 Å². The molecule has 0 radical (unpaired) electrons. The fourth-order valence-corrected chi connectivity index (χ4v) is 1.90. The van der Waals surface area contributed by atoms with E-state index in [-0.39, 0.29) is 5.91 Å². The van der Waals surface area contributed by atoms with E-state index in [0.29, 0.717) is 10.7 Å². The molecule has 0 saturated carbocycles. The van der Waals surface area contributed by atoms with E-state index in [9.17, 15) is 4.79 Å². The number of nitrogens with one attached hydrogen (secondary N) is 2. The van der Waals surface area contributed by atoms with Crippen LogP contribution in [0.4, 0.5) is 10.8 Å². The summed E-state index contributed by atoms with van der Waals surface area (Å²) in [5.74, 6) is -0.215. The molecule has 0 aliphatic heterocycles. The van der Waals surface area contributed by atoms with Crippen LogP contribution in [-0.2, 0) is 0 Å². The van der Waals surface area contributed by atoms with Crippen molar-refractivity contribution in [1.29, 1.82) is 0 Å². The van der Waals surface area contributed by atoms with Crippen molar-refractivity contribution < 1.29 is 4.79 Å². The lowest BCUT2D eigenvalue weighted by atomic mass is 10.1. The molecule has 1 aromatic carbocycles. The van der Waals surface area contributed by atoms with Gasteiger partial charge in [0.05, 0.1) is 5.56 Å². The second kappa shape index (κ2) is 5.54. The summed E-state index contributed by atoms with van der Waals surface area (Å²) in [7, 11) is 0. The van der Waals surface area contributed by atoms with Crippen molar-refractivity contribution in [3.63, 3.8) is 0 Å². The maximum Gasteiger partial charge on any atom is 0.259 e. The third kappa shape index (κ3) is 2.80. The second-order valence-electron chi connectivity index (χ2n) is 3.70. The molecule has 18 heavy (non-hydrogen) atoms. The molecular weight excluding hydrogens is 250 g/mol. The molecule has 1 aromatic heterocycles. The van der Waals surface area contributed by atoms with Crippen LogP contribution in [0.2, 0.25) is 0 Å². The van der Waals surface area contributed by atoms with Crippen molar-refractivity contribution in [3.8, 4) is 0 Å². The predicted molar refractivity (Wildman–Crippen MR) is 71.0 cm³/mol. The van der Waals surface area contributed by atoms with E-state index in [2.05, 4.69) is 25.4 Å². The molecule has 0 fully saturated rings. The van der Waals surface area contributed by atoms with Crippen LogP contribution in [0.15, 0.2) is 18.2 Å². The molecule has 2 N–H and O–H groups in total. The van der Waals surface area contributed by atoms with Crippen LogP contribution in [0.1, 0.15) is 22.8 Å². The van der Waals surface area contributed by atoms with E-state index in [1.54, 1.807) is 0 Å². The number of anilines is 2. The quantitative estimate of drug-likeness (QED) is 0.881. The van der Waals surface area contributed by atoms with Gasteiger partial charge in [-0.2, -0.15) is 0 Å². The van der Waals surface area contributed by atoms with Crippen LogP contribution < -0.4 is 10.6 Å². The number of rotatable bonds is 4. The van der Waals surface area contributed by atoms with Crippen molar-refractivity contribution in [2.24, 2.45) is 0 Å². The first-order chi connectivity index (χ1) is 8.70. The molecule has 2 rings (SSSR count). The normalized spacial score (nSPS) is 10.1. The van der Waals surface area contributed by atoms with Gasteiger partial charge >= 0.3 is 0 Å². The summed E-state index contributed by atoms with van der Waals surface area (Å²) in [6, 6.07) is 5.69. The zero-order chi connectivity index (χ0) is 13.0. The molecule has 0 spiro atoms. The van der Waals surface area contributed by atoms with E-state index in [1.807, 2.05) is 32.0 Å². The highest BCUT2D eigenvalue weighted by Gasteiger charge is 2.13. The van der Waals surface area contributed by atoms with Crippen LogP contribution in [0.25, 0.3) is 0 Å². The lowest BCUT2D eigenvalue weighted by Gasteiger charge is -2.10. The average Bonchev–Trinajstić information content (AvgIpc) is 2.84. The molecule has 0 unspecified atom stereocenters. The molecule has 0 aliphatic carbocycles. The SMILES string of the molecule is CCNc1ccc(C)cc1C(=O)Nc1nnns1. The van der Waals surface area contributed by atoms with Gasteiger partial charge in [0, 0.05) is 23.8 Å². The molecule has 1 heterocycles. The molecule has 6 nitrogen and oxygen atoms in total. The smallest absolute Gasteiger partial charge is 0.259 e. The Bertz CT molecular complexity index is 540. The zero-order valence-corrected chi connectivity index (χ0v) is 10.9. The summed E-state index contributed by atoms with van der Waals surface area (Å²) in [6.07, 6.45) is 0. The van der Waals surface area contributed by atoms with Gasteiger partial charge in [-0.3, -0.25) is 10.1 Å². The van der Waals surface area contributed by atoms with E-state index < -0.39 is 0 Å². The van der Waals surface area contributed by atoms with Gasteiger partial charge in [0.25, 0.3) is 5.91 Å². The highest BCUT2D eigenvalue weighted by atomic mass is 32.1. The third-order valence-electron chi connectivity index (χ3n) is 2.31. The standard InChI is InChI=1S/C11H13N5OS/c1-3-12-9-5-4-7(2)6-8(9)10(17)13-11-14-15-16-18-11/h4-6,12H,3H2,1-2H3,(H,13,14,16,17). The van der Waals surface area contributed by atoms with Crippen molar-refractivity contribution in [2.75, 3.05) is 17.2 Å².